The first-order valence-corrected chi connectivity index (χ1v) is 6.68. The summed E-state index contributed by atoms with van der Waals surface area (Å²) in [4.78, 5) is 11.0. The van der Waals surface area contributed by atoms with E-state index in [0.29, 0.717) is 24.4 Å². The Labute approximate surface area is 110 Å². The smallest absolute Gasteiger partial charge is 0.302 e. The third-order valence-electron chi connectivity index (χ3n) is 3.64. The van der Waals surface area contributed by atoms with Crippen molar-refractivity contribution in [2.24, 2.45) is 17.8 Å². The van der Waals surface area contributed by atoms with Crippen molar-refractivity contribution < 1.29 is 9.53 Å². The molecule has 0 aliphatic carbocycles. The van der Waals surface area contributed by atoms with Gasteiger partial charge in [0.05, 0.1) is 6.61 Å². The first-order valence-electron chi connectivity index (χ1n) is 6.68. The van der Waals surface area contributed by atoms with E-state index < -0.39 is 0 Å². The molecule has 1 aromatic carbocycles. The van der Waals surface area contributed by atoms with E-state index in [-0.39, 0.29) is 5.97 Å². The summed E-state index contributed by atoms with van der Waals surface area (Å²) in [7, 11) is 0. The summed E-state index contributed by atoms with van der Waals surface area (Å²) in [5.41, 5.74) is 1.31. The largest absolute Gasteiger partial charge is 0.466 e. The molecule has 0 saturated heterocycles. The fourth-order valence-electron chi connectivity index (χ4n) is 2.08. The van der Waals surface area contributed by atoms with Crippen LogP contribution >= 0.6 is 0 Å². The second-order valence-corrected chi connectivity index (χ2v) is 5.36. The number of benzene rings is 1. The van der Waals surface area contributed by atoms with Crippen molar-refractivity contribution in [2.45, 2.75) is 34.1 Å². The molecule has 0 spiro atoms. The van der Waals surface area contributed by atoms with Crippen LogP contribution in [0.15, 0.2) is 30.3 Å². The molecule has 0 aromatic heterocycles. The van der Waals surface area contributed by atoms with E-state index in [9.17, 15) is 4.79 Å². The van der Waals surface area contributed by atoms with Crippen molar-refractivity contribution >= 4 is 5.97 Å². The van der Waals surface area contributed by atoms with Crippen LogP contribution in [-0.4, -0.2) is 12.6 Å². The summed E-state index contributed by atoms with van der Waals surface area (Å²) in [6.07, 6.45) is 0.966. The molecule has 2 nitrogen and oxygen atoms in total. The van der Waals surface area contributed by atoms with Crippen molar-refractivity contribution in [2.75, 3.05) is 6.61 Å². The molecule has 0 aliphatic heterocycles. The fourth-order valence-corrected chi connectivity index (χ4v) is 2.08. The molecule has 1 aromatic rings. The van der Waals surface area contributed by atoms with Gasteiger partial charge in [-0.05, 0) is 29.7 Å². The average Bonchev–Trinajstić information content (AvgIpc) is 2.34. The molecule has 0 heterocycles. The minimum absolute atomic E-state index is 0.191. The van der Waals surface area contributed by atoms with E-state index in [2.05, 4.69) is 45.0 Å². The second-order valence-electron chi connectivity index (χ2n) is 5.36. The highest BCUT2D eigenvalue weighted by atomic mass is 16.5. The SMILES string of the molecule is CC(=O)OCC(Cc1ccccc1)C(C)C(C)C. The van der Waals surface area contributed by atoms with E-state index in [1.165, 1.54) is 12.5 Å². The Morgan fingerprint density at radius 3 is 2.28 bits per heavy atom. The van der Waals surface area contributed by atoms with Gasteiger partial charge >= 0.3 is 5.97 Å². The van der Waals surface area contributed by atoms with Gasteiger partial charge in [-0.15, -0.1) is 0 Å². The van der Waals surface area contributed by atoms with Crippen LogP contribution in [0, 0.1) is 17.8 Å². The summed E-state index contributed by atoms with van der Waals surface area (Å²) >= 11 is 0. The normalized spacial score (nSPS) is 14.3. The Hall–Kier alpha value is -1.31. The van der Waals surface area contributed by atoms with Crippen LogP contribution in [0.5, 0.6) is 0 Å². The third-order valence-corrected chi connectivity index (χ3v) is 3.64. The van der Waals surface area contributed by atoms with E-state index in [0.717, 1.165) is 6.42 Å². The molecule has 100 valence electrons. The van der Waals surface area contributed by atoms with Gasteiger partial charge in [0.2, 0.25) is 0 Å². The predicted molar refractivity (Wildman–Crippen MR) is 74.3 cm³/mol. The zero-order valence-electron chi connectivity index (χ0n) is 11.8. The number of hydrogen-bond acceptors (Lipinski definition) is 2. The monoisotopic (exact) mass is 248 g/mol. The maximum absolute atomic E-state index is 11.0. The summed E-state index contributed by atoms with van der Waals surface area (Å²) in [5, 5.41) is 0. The molecule has 0 fully saturated rings. The fraction of sp³-hybridized carbons (Fsp3) is 0.562. The van der Waals surface area contributed by atoms with E-state index >= 15 is 0 Å². The average molecular weight is 248 g/mol. The Bertz CT molecular complexity index is 357. The van der Waals surface area contributed by atoms with E-state index in [1.54, 1.807) is 0 Å². The van der Waals surface area contributed by atoms with Crippen LogP contribution in [0.25, 0.3) is 0 Å². The molecule has 0 bridgehead atoms. The Morgan fingerprint density at radius 2 is 1.78 bits per heavy atom. The lowest BCUT2D eigenvalue weighted by molar-refractivity contribution is -0.143. The van der Waals surface area contributed by atoms with Gasteiger partial charge in [-0.25, -0.2) is 0 Å². The minimum Gasteiger partial charge on any atom is -0.466 e. The van der Waals surface area contributed by atoms with Crippen LogP contribution < -0.4 is 0 Å². The zero-order chi connectivity index (χ0) is 13.5. The molecule has 1 rings (SSSR count). The van der Waals surface area contributed by atoms with Crippen LogP contribution in [-0.2, 0) is 16.0 Å². The summed E-state index contributed by atoms with van der Waals surface area (Å²) in [6.45, 7) is 8.66. The maximum Gasteiger partial charge on any atom is 0.302 e. The van der Waals surface area contributed by atoms with Crippen molar-refractivity contribution in [3.05, 3.63) is 35.9 Å². The van der Waals surface area contributed by atoms with E-state index in [1.807, 2.05) is 6.07 Å². The Balaban J connectivity index is 2.68. The van der Waals surface area contributed by atoms with Gasteiger partial charge in [0.1, 0.15) is 0 Å². The summed E-state index contributed by atoms with van der Waals surface area (Å²) in [5.74, 6) is 1.32. The summed E-state index contributed by atoms with van der Waals surface area (Å²) < 4.78 is 5.21. The first-order chi connectivity index (χ1) is 8.50. The van der Waals surface area contributed by atoms with Crippen molar-refractivity contribution in [3.63, 3.8) is 0 Å². The maximum atomic E-state index is 11.0. The number of hydrogen-bond donors (Lipinski definition) is 0. The molecule has 0 N–H and O–H groups in total. The highest BCUT2D eigenvalue weighted by Crippen LogP contribution is 2.24. The quantitative estimate of drug-likeness (QED) is 0.717. The summed E-state index contributed by atoms with van der Waals surface area (Å²) in [6, 6.07) is 10.4. The standard InChI is InChI=1S/C16H24O2/c1-12(2)13(3)16(11-18-14(4)17)10-15-8-6-5-7-9-15/h5-9,12-13,16H,10-11H2,1-4H3. The van der Waals surface area contributed by atoms with Crippen molar-refractivity contribution in [1.82, 2.24) is 0 Å². The second kappa shape index (κ2) is 7.20. The van der Waals surface area contributed by atoms with Gasteiger partial charge in [-0.3, -0.25) is 4.79 Å². The van der Waals surface area contributed by atoms with Crippen LogP contribution in [0.4, 0.5) is 0 Å². The zero-order valence-corrected chi connectivity index (χ0v) is 11.8. The highest BCUT2D eigenvalue weighted by Gasteiger charge is 2.21. The third kappa shape index (κ3) is 4.91. The molecular formula is C16H24O2. The van der Waals surface area contributed by atoms with Crippen LogP contribution in [0.1, 0.15) is 33.3 Å². The molecule has 2 unspecified atom stereocenters. The molecule has 2 atom stereocenters. The van der Waals surface area contributed by atoms with Gasteiger partial charge < -0.3 is 4.74 Å². The lowest BCUT2D eigenvalue weighted by Crippen LogP contribution is -2.25. The lowest BCUT2D eigenvalue weighted by atomic mass is 9.82. The number of ether oxygens (including phenoxy) is 1. The molecule has 2 heteroatoms. The van der Waals surface area contributed by atoms with Gasteiger partial charge in [0.15, 0.2) is 0 Å². The van der Waals surface area contributed by atoms with Gasteiger partial charge in [0.25, 0.3) is 0 Å². The Morgan fingerprint density at radius 1 is 1.17 bits per heavy atom. The van der Waals surface area contributed by atoms with E-state index in [4.69, 9.17) is 4.74 Å². The van der Waals surface area contributed by atoms with Gasteiger partial charge in [-0.2, -0.15) is 0 Å². The molecule has 0 saturated carbocycles. The van der Waals surface area contributed by atoms with Crippen molar-refractivity contribution in [3.8, 4) is 0 Å². The number of carbonyl (C=O) groups is 1. The molecule has 0 amide bonds. The van der Waals surface area contributed by atoms with Gasteiger partial charge in [0, 0.05) is 6.92 Å². The predicted octanol–water partition coefficient (Wildman–Crippen LogP) is 3.70. The number of carbonyl (C=O) groups excluding carboxylic acids is 1. The first kappa shape index (κ1) is 14.7. The molecule has 0 aliphatic rings. The van der Waals surface area contributed by atoms with Gasteiger partial charge in [-0.1, -0.05) is 51.1 Å². The molecule has 18 heavy (non-hydrogen) atoms. The molecular weight excluding hydrogens is 224 g/mol. The Kier molecular flexibility index (Phi) is 5.90. The topological polar surface area (TPSA) is 26.3 Å². The highest BCUT2D eigenvalue weighted by molar-refractivity contribution is 5.65. The number of esters is 1. The van der Waals surface area contributed by atoms with Crippen LogP contribution in [0.3, 0.4) is 0 Å². The van der Waals surface area contributed by atoms with Crippen LogP contribution in [0.2, 0.25) is 0 Å². The number of rotatable bonds is 6. The molecule has 0 radical (unpaired) electrons. The lowest BCUT2D eigenvalue weighted by Gasteiger charge is -2.26. The minimum atomic E-state index is -0.191. The van der Waals surface area contributed by atoms with Crippen molar-refractivity contribution in [1.29, 1.82) is 0 Å².